The molecule has 1 aliphatic carbocycles. The highest BCUT2D eigenvalue weighted by Gasteiger charge is 2.23. The Kier molecular flexibility index (Phi) is 4.34. The van der Waals surface area contributed by atoms with Crippen LogP contribution in [0.3, 0.4) is 0 Å². The van der Waals surface area contributed by atoms with Gasteiger partial charge in [0.15, 0.2) is 6.61 Å². The molecule has 1 aromatic carbocycles. The molecule has 106 valence electrons. The van der Waals surface area contributed by atoms with Gasteiger partial charge >= 0.3 is 5.97 Å². The highest BCUT2D eigenvalue weighted by Crippen LogP contribution is 2.22. The Morgan fingerprint density at radius 3 is 2.85 bits per heavy atom. The van der Waals surface area contributed by atoms with Crippen molar-refractivity contribution in [1.82, 2.24) is 5.32 Å². The third kappa shape index (κ3) is 4.38. The van der Waals surface area contributed by atoms with Gasteiger partial charge in [0.05, 0.1) is 0 Å². The van der Waals surface area contributed by atoms with E-state index < -0.39 is 11.8 Å². The van der Waals surface area contributed by atoms with Gasteiger partial charge in [-0.3, -0.25) is 4.79 Å². The van der Waals surface area contributed by atoms with Crippen LogP contribution in [0.4, 0.5) is 4.39 Å². The van der Waals surface area contributed by atoms with Gasteiger partial charge < -0.3 is 15.2 Å². The first-order valence-corrected chi connectivity index (χ1v) is 6.17. The minimum atomic E-state index is -1.15. The minimum absolute atomic E-state index is 0.184. The largest absolute Gasteiger partial charge is 0.483 e. The van der Waals surface area contributed by atoms with Crippen LogP contribution in [0.15, 0.2) is 24.3 Å². The average Bonchev–Trinajstić information content (AvgIpc) is 3.19. The van der Waals surface area contributed by atoms with Crippen LogP contribution in [0.2, 0.25) is 0 Å². The van der Waals surface area contributed by atoms with Crippen molar-refractivity contribution >= 4 is 18.0 Å². The van der Waals surface area contributed by atoms with E-state index in [1.807, 2.05) is 0 Å². The number of hydrogen-bond donors (Lipinski definition) is 2. The fourth-order valence-corrected chi connectivity index (χ4v) is 1.58. The predicted octanol–water partition coefficient (Wildman–Crippen LogP) is 1.58. The number of carbonyl (C=O) groups excluding carboxylic acids is 1. The van der Waals surface area contributed by atoms with Crippen molar-refractivity contribution < 1.29 is 23.8 Å². The van der Waals surface area contributed by atoms with Crippen LogP contribution >= 0.6 is 0 Å². The maximum Gasteiger partial charge on any atom is 0.328 e. The molecule has 0 atom stereocenters. The van der Waals surface area contributed by atoms with Crippen LogP contribution in [0.5, 0.6) is 5.75 Å². The topological polar surface area (TPSA) is 75.6 Å². The highest BCUT2D eigenvalue weighted by molar-refractivity contribution is 5.86. The standard InChI is InChI=1S/C14H14FNO4/c15-10-2-5-12(9(7-10)1-6-14(18)19)20-8-13(17)16-11-3-4-11/h1-2,5-7,11H,3-4,8H2,(H,16,17)(H,18,19)/b6-1+. The van der Waals surface area contributed by atoms with E-state index in [4.69, 9.17) is 9.84 Å². The van der Waals surface area contributed by atoms with E-state index in [2.05, 4.69) is 5.32 Å². The second-order valence-electron chi connectivity index (χ2n) is 4.48. The fraction of sp³-hybridized carbons (Fsp3) is 0.286. The first-order chi connectivity index (χ1) is 9.54. The molecule has 1 saturated carbocycles. The summed E-state index contributed by atoms with van der Waals surface area (Å²) in [4.78, 5) is 22.0. The number of carboxylic acids is 1. The molecule has 0 radical (unpaired) electrons. The van der Waals surface area contributed by atoms with E-state index >= 15 is 0 Å². The van der Waals surface area contributed by atoms with Crippen molar-refractivity contribution in [3.63, 3.8) is 0 Å². The van der Waals surface area contributed by atoms with Gasteiger partial charge in [-0.25, -0.2) is 9.18 Å². The van der Waals surface area contributed by atoms with Crippen LogP contribution in [0.1, 0.15) is 18.4 Å². The number of rotatable bonds is 6. The molecule has 0 saturated heterocycles. The Balaban J connectivity index is 2.01. The summed E-state index contributed by atoms with van der Waals surface area (Å²) in [6.45, 7) is -0.184. The molecular weight excluding hydrogens is 265 g/mol. The number of hydrogen-bond acceptors (Lipinski definition) is 3. The molecule has 5 nitrogen and oxygen atoms in total. The van der Waals surface area contributed by atoms with Crippen molar-refractivity contribution in [2.24, 2.45) is 0 Å². The number of ether oxygens (including phenoxy) is 1. The second-order valence-corrected chi connectivity index (χ2v) is 4.48. The van der Waals surface area contributed by atoms with Gasteiger partial charge in [-0.05, 0) is 37.1 Å². The maximum absolute atomic E-state index is 13.1. The van der Waals surface area contributed by atoms with Crippen LogP contribution in [0, 0.1) is 5.82 Å². The second kappa shape index (κ2) is 6.18. The first-order valence-electron chi connectivity index (χ1n) is 6.17. The molecule has 0 unspecified atom stereocenters. The summed E-state index contributed by atoms with van der Waals surface area (Å²) in [6, 6.07) is 3.94. The lowest BCUT2D eigenvalue weighted by molar-refractivity contribution is -0.131. The summed E-state index contributed by atoms with van der Waals surface area (Å²) in [6.07, 6.45) is 4.06. The van der Waals surface area contributed by atoms with Crippen molar-refractivity contribution in [2.75, 3.05) is 6.61 Å². The Labute approximate surface area is 115 Å². The zero-order valence-corrected chi connectivity index (χ0v) is 10.6. The molecule has 2 N–H and O–H groups in total. The van der Waals surface area contributed by atoms with Crippen molar-refractivity contribution in [3.8, 4) is 5.75 Å². The molecule has 0 aromatic heterocycles. The smallest absolute Gasteiger partial charge is 0.328 e. The van der Waals surface area contributed by atoms with E-state index in [0.29, 0.717) is 0 Å². The lowest BCUT2D eigenvalue weighted by atomic mass is 10.2. The molecule has 0 aliphatic heterocycles. The normalized spacial score (nSPS) is 14.2. The van der Waals surface area contributed by atoms with E-state index in [-0.39, 0.29) is 29.9 Å². The molecular formula is C14H14FNO4. The molecule has 6 heteroatoms. The zero-order valence-electron chi connectivity index (χ0n) is 10.6. The summed E-state index contributed by atoms with van der Waals surface area (Å²) >= 11 is 0. The lowest BCUT2D eigenvalue weighted by Gasteiger charge is -2.09. The van der Waals surface area contributed by atoms with Crippen LogP contribution in [-0.4, -0.2) is 29.6 Å². The van der Waals surface area contributed by atoms with Gasteiger partial charge in [0.2, 0.25) is 0 Å². The number of halogens is 1. The van der Waals surface area contributed by atoms with E-state index in [9.17, 15) is 14.0 Å². The third-order valence-corrected chi connectivity index (χ3v) is 2.68. The predicted molar refractivity (Wildman–Crippen MR) is 69.7 cm³/mol. The number of amides is 1. The number of carbonyl (C=O) groups is 2. The SMILES string of the molecule is O=C(O)/C=C/c1cc(F)ccc1OCC(=O)NC1CC1. The third-order valence-electron chi connectivity index (χ3n) is 2.68. The summed E-state index contributed by atoms with van der Waals surface area (Å²) in [7, 11) is 0. The summed E-state index contributed by atoms with van der Waals surface area (Å²) in [5.74, 6) is -1.64. The number of nitrogens with one attached hydrogen (secondary N) is 1. The molecule has 1 aromatic rings. The molecule has 0 bridgehead atoms. The molecule has 2 rings (SSSR count). The van der Waals surface area contributed by atoms with E-state index in [1.54, 1.807) is 0 Å². The van der Waals surface area contributed by atoms with Gasteiger partial charge in [-0.2, -0.15) is 0 Å². The van der Waals surface area contributed by atoms with Crippen molar-refractivity contribution in [2.45, 2.75) is 18.9 Å². The van der Waals surface area contributed by atoms with Crippen LogP contribution in [0.25, 0.3) is 6.08 Å². The number of benzene rings is 1. The van der Waals surface area contributed by atoms with Gasteiger partial charge in [0.1, 0.15) is 11.6 Å². The van der Waals surface area contributed by atoms with Gasteiger partial charge in [0, 0.05) is 17.7 Å². The molecule has 0 spiro atoms. The fourth-order valence-electron chi connectivity index (χ4n) is 1.58. The summed E-state index contributed by atoms with van der Waals surface area (Å²) < 4.78 is 18.4. The number of aliphatic carboxylic acids is 1. The summed E-state index contributed by atoms with van der Waals surface area (Å²) in [5.41, 5.74) is 0.270. The Morgan fingerprint density at radius 1 is 1.45 bits per heavy atom. The first kappa shape index (κ1) is 14.0. The van der Waals surface area contributed by atoms with Gasteiger partial charge in [-0.1, -0.05) is 0 Å². The van der Waals surface area contributed by atoms with E-state index in [0.717, 1.165) is 25.0 Å². The van der Waals surface area contributed by atoms with Crippen molar-refractivity contribution in [3.05, 3.63) is 35.7 Å². The van der Waals surface area contributed by atoms with Gasteiger partial charge in [0.25, 0.3) is 5.91 Å². The minimum Gasteiger partial charge on any atom is -0.483 e. The monoisotopic (exact) mass is 279 g/mol. The Morgan fingerprint density at radius 2 is 2.20 bits per heavy atom. The van der Waals surface area contributed by atoms with Crippen molar-refractivity contribution in [1.29, 1.82) is 0 Å². The van der Waals surface area contributed by atoms with Crippen LogP contribution in [-0.2, 0) is 9.59 Å². The molecule has 0 heterocycles. The number of carboxylic acid groups (broad SMARTS) is 1. The highest BCUT2D eigenvalue weighted by atomic mass is 19.1. The summed E-state index contributed by atoms with van der Waals surface area (Å²) in [5, 5.41) is 11.3. The quantitative estimate of drug-likeness (QED) is 0.775. The van der Waals surface area contributed by atoms with Crippen LogP contribution < -0.4 is 10.1 Å². The molecule has 20 heavy (non-hydrogen) atoms. The molecule has 1 aliphatic rings. The van der Waals surface area contributed by atoms with Gasteiger partial charge in [-0.15, -0.1) is 0 Å². The van der Waals surface area contributed by atoms with E-state index in [1.165, 1.54) is 18.2 Å². The maximum atomic E-state index is 13.1. The Hall–Kier alpha value is -2.37. The molecule has 1 amide bonds. The zero-order chi connectivity index (χ0) is 14.5. The lowest BCUT2D eigenvalue weighted by Crippen LogP contribution is -2.30. The Bertz CT molecular complexity index is 552. The molecule has 1 fully saturated rings. The average molecular weight is 279 g/mol.